The number of rotatable bonds is 3. The van der Waals surface area contributed by atoms with Crippen LogP contribution in [0.4, 0.5) is 0 Å². The van der Waals surface area contributed by atoms with Gasteiger partial charge < -0.3 is 4.74 Å². The molecule has 0 spiro atoms. The van der Waals surface area contributed by atoms with E-state index in [1.807, 2.05) is 18.4 Å². The number of ketones is 1. The minimum absolute atomic E-state index is 0.0621. The lowest BCUT2D eigenvalue weighted by atomic mass is 10.2. The molecular weight excluding hydrogens is 308 g/mol. The van der Waals surface area contributed by atoms with E-state index >= 15 is 0 Å². The molecular formula is C11H9BrO2S2. The van der Waals surface area contributed by atoms with Gasteiger partial charge in [-0.1, -0.05) is 0 Å². The van der Waals surface area contributed by atoms with Gasteiger partial charge in [0.05, 0.1) is 16.9 Å². The number of hydrogen-bond acceptors (Lipinski definition) is 4. The van der Waals surface area contributed by atoms with Gasteiger partial charge in [-0.05, 0) is 28.9 Å². The van der Waals surface area contributed by atoms with Crippen LogP contribution < -0.4 is 4.74 Å². The zero-order chi connectivity index (χ0) is 11.7. The maximum absolute atomic E-state index is 12.1. The summed E-state index contributed by atoms with van der Waals surface area (Å²) in [6.45, 7) is 1.99. The largest absolute Gasteiger partial charge is 0.496 e. The average molecular weight is 317 g/mol. The number of carbonyl (C=O) groups excluding carboxylic acids is 1. The minimum atomic E-state index is 0.0621. The SMILES string of the molecule is COc1csc(C(=O)c2cc(Br)c(C)s2)c1. The van der Waals surface area contributed by atoms with Gasteiger partial charge >= 0.3 is 0 Å². The highest BCUT2D eigenvalue weighted by Crippen LogP contribution is 2.30. The second-order valence-electron chi connectivity index (χ2n) is 3.19. The molecule has 0 radical (unpaired) electrons. The number of ether oxygens (including phenoxy) is 1. The second-order valence-corrected chi connectivity index (χ2v) is 6.22. The van der Waals surface area contributed by atoms with Crippen LogP contribution in [0.5, 0.6) is 5.75 Å². The molecule has 0 unspecified atom stereocenters. The number of thiophene rings is 2. The monoisotopic (exact) mass is 316 g/mol. The zero-order valence-corrected chi connectivity index (χ0v) is 12.0. The van der Waals surface area contributed by atoms with Crippen molar-refractivity contribution in [3.05, 3.63) is 36.6 Å². The van der Waals surface area contributed by atoms with Crippen molar-refractivity contribution < 1.29 is 9.53 Å². The van der Waals surface area contributed by atoms with Crippen LogP contribution in [0.3, 0.4) is 0 Å². The third kappa shape index (κ3) is 2.21. The molecule has 2 heterocycles. The highest BCUT2D eigenvalue weighted by Gasteiger charge is 2.15. The number of methoxy groups -OCH3 is 1. The number of aryl methyl sites for hydroxylation is 1. The summed E-state index contributed by atoms with van der Waals surface area (Å²) in [7, 11) is 1.60. The maximum Gasteiger partial charge on any atom is 0.213 e. The Morgan fingerprint density at radius 3 is 2.62 bits per heavy atom. The van der Waals surface area contributed by atoms with Gasteiger partial charge in [0.25, 0.3) is 0 Å². The van der Waals surface area contributed by atoms with Crippen molar-refractivity contribution in [2.45, 2.75) is 6.92 Å². The third-order valence-electron chi connectivity index (χ3n) is 2.12. The van der Waals surface area contributed by atoms with Gasteiger partial charge in [0.2, 0.25) is 5.78 Å². The van der Waals surface area contributed by atoms with Crippen molar-refractivity contribution in [2.24, 2.45) is 0 Å². The third-order valence-corrected chi connectivity index (χ3v) is 5.16. The first-order valence-electron chi connectivity index (χ1n) is 4.55. The number of halogens is 1. The van der Waals surface area contributed by atoms with E-state index in [0.717, 1.165) is 20.0 Å². The molecule has 2 aromatic rings. The van der Waals surface area contributed by atoms with Gasteiger partial charge in [-0.3, -0.25) is 4.79 Å². The number of hydrogen-bond donors (Lipinski definition) is 0. The molecule has 2 rings (SSSR count). The molecule has 0 aliphatic carbocycles. The summed E-state index contributed by atoms with van der Waals surface area (Å²) in [6, 6.07) is 3.64. The van der Waals surface area contributed by atoms with E-state index in [9.17, 15) is 4.79 Å². The molecule has 0 saturated carbocycles. The van der Waals surface area contributed by atoms with Crippen molar-refractivity contribution in [3.63, 3.8) is 0 Å². The van der Waals surface area contributed by atoms with Crippen molar-refractivity contribution in [2.75, 3.05) is 7.11 Å². The second kappa shape index (κ2) is 4.69. The highest BCUT2D eigenvalue weighted by atomic mass is 79.9. The summed E-state index contributed by atoms with van der Waals surface area (Å²) in [5.74, 6) is 0.799. The Labute approximate surface area is 110 Å². The molecule has 0 aliphatic rings. The zero-order valence-electron chi connectivity index (χ0n) is 8.74. The molecule has 0 atom stereocenters. The van der Waals surface area contributed by atoms with E-state index in [-0.39, 0.29) is 5.78 Å². The van der Waals surface area contributed by atoms with Crippen LogP contribution in [0.15, 0.2) is 22.0 Å². The Kier molecular flexibility index (Phi) is 3.47. The van der Waals surface area contributed by atoms with Gasteiger partial charge in [0.15, 0.2) is 0 Å². The van der Waals surface area contributed by atoms with E-state index in [1.54, 1.807) is 13.2 Å². The minimum Gasteiger partial charge on any atom is -0.496 e. The fourth-order valence-corrected chi connectivity index (χ4v) is 3.60. The van der Waals surface area contributed by atoms with Gasteiger partial charge in [0.1, 0.15) is 5.75 Å². The predicted molar refractivity (Wildman–Crippen MR) is 71.1 cm³/mol. The van der Waals surface area contributed by atoms with E-state index in [4.69, 9.17) is 4.74 Å². The molecule has 0 fully saturated rings. The van der Waals surface area contributed by atoms with Gasteiger partial charge in [-0.2, -0.15) is 0 Å². The lowest BCUT2D eigenvalue weighted by molar-refractivity contribution is 0.104. The molecule has 2 nitrogen and oxygen atoms in total. The normalized spacial score (nSPS) is 10.4. The van der Waals surface area contributed by atoms with Crippen LogP contribution in [0.2, 0.25) is 0 Å². The topological polar surface area (TPSA) is 26.3 Å². The molecule has 0 aromatic carbocycles. The van der Waals surface area contributed by atoms with Crippen molar-refractivity contribution in [3.8, 4) is 5.75 Å². The van der Waals surface area contributed by atoms with E-state index in [2.05, 4.69) is 15.9 Å². The Morgan fingerprint density at radius 1 is 1.38 bits per heavy atom. The summed E-state index contributed by atoms with van der Waals surface area (Å²) < 4.78 is 6.05. The Bertz CT molecular complexity index is 508. The standard InChI is InChI=1S/C11H9BrO2S2/c1-6-8(12)4-10(16-6)11(13)9-3-7(14-2)5-15-9/h3-5H,1-2H3. The molecule has 16 heavy (non-hydrogen) atoms. The van der Waals surface area contributed by atoms with Crippen molar-refractivity contribution >= 4 is 44.4 Å². The Morgan fingerprint density at radius 2 is 2.12 bits per heavy atom. The van der Waals surface area contributed by atoms with Crippen LogP contribution in [-0.4, -0.2) is 12.9 Å². The molecule has 0 bridgehead atoms. The summed E-state index contributed by atoms with van der Waals surface area (Å²) in [5.41, 5.74) is 0. The maximum atomic E-state index is 12.1. The van der Waals surface area contributed by atoms with Crippen molar-refractivity contribution in [1.82, 2.24) is 0 Å². The molecule has 5 heteroatoms. The molecule has 0 amide bonds. The van der Waals surface area contributed by atoms with E-state index in [1.165, 1.54) is 22.7 Å². The number of carbonyl (C=O) groups is 1. The quantitative estimate of drug-likeness (QED) is 0.796. The summed E-state index contributed by atoms with van der Waals surface area (Å²) >= 11 is 6.33. The molecule has 2 aromatic heterocycles. The van der Waals surface area contributed by atoms with Gasteiger partial charge in [-0.25, -0.2) is 0 Å². The first kappa shape index (κ1) is 11.8. The molecule has 0 N–H and O–H groups in total. The van der Waals surface area contributed by atoms with E-state index in [0.29, 0.717) is 4.88 Å². The molecule has 0 aliphatic heterocycles. The lowest BCUT2D eigenvalue weighted by Crippen LogP contribution is -1.94. The smallest absolute Gasteiger partial charge is 0.213 e. The van der Waals surface area contributed by atoms with Gasteiger partial charge in [0, 0.05) is 20.8 Å². The highest BCUT2D eigenvalue weighted by molar-refractivity contribution is 9.10. The predicted octanol–water partition coefficient (Wildman–Crippen LogP) is 4.12. The average Bonchev–Trinajstić information content (AvgIpc) is 2.86. The first-order valence-corrected chi connectivity index (χ1v) is 7.04. The first-order chi connectivity index (χ1) is 7.61. The summed E-state index contributed by atoms with van der Waals surface area (Å²) in [6.07, 6.45) is 0. The van der Waals surface area contributed by atoms with Crippen LogP contribution >= 0.6 is 38.6 Å². The lowest BCUT2D eigenvalue weighted by Gasteiger charge is -1.92. The van der Waals surface area contributed by atoms with Crippen LogP contribution in [0.1, 0.15) is 19.4 Å². The van der Waals surface area contributed by atoms with E-state index < -0.39 is 0 Å². The molecule has 84 valence electrons. The van der Waals surface area contributed by atoms with Gasteiger partial charge in [-0.15, -0.1) is 22.7 Å². The van der Waals surface area contributed by atoms with Crippen LogP contribution in [0.25, 0.3) is 0 Å². The van der Waals surface area contributed by atoms with Crippen LogP contribution in [0, 0.1) is 6.92 Å². The van der Waals surface area contributed by atoms with Crippen molar-refractivity contribution in [1.29, 1.82) is 0 Å². The fourth-order valence-electron chi connectivity index (χ4n) is 1.24. The van der Waals surface area contributed by atoms with Crippen LogP contribution in [-0.2, 0) is 0 Å². The fraction of sp³-hybridized carbons (Fsp3) is 0.182. The Balaban J connectivity index is 2.31. The summed E-state index contributed by atoms with van der Waals surface area (Å²) in [5, 5.41) is 1.84. The molecule has 0 saturated heterocycles. The Hall–Kier alpha value is -0.650. The summed E-state index contributed by atoms with van der Waals surface area (Å²) in [4.78, 5) is 14.7.